The van der Waals surface area contributed by atoms with E-state index in [1.165, 1.54) is 19.3 Å². The molecule has 190 valence electrons. The highest BCUT2D eigenvalue weighted by Gasteiger charge is 2.11. The van der Waals surface area contributed by atoms with E-state index < -0.39 is 11.8 Å². The van der Waals surface area contributed by atoms with Gasteiger partial charge in [-0.25, -0.2) is 0 Å². The molecule has 0 saturated carbocycles. The molecule has 0 aliphatic rings. The van der Waals surface area contributed by atoms with Crippen molar-refractivity contribution in [2.75, 3.05) is 13.2 Å². The van der Waals surface area contributed by atoms with Crippen molar-refractivity contribution < 1.29 is 19.1 Å². The molecule has 9 heteroatoms. The first-order chi connectivity index (χ1) is 16.8. The molecule has 0 unspecified atom stereocenters. The van der Waals surface area contributed by atoms with Crippen molar-refractivity contribution in [2.45, 2.75) is 58.8 Å². The maximum atomic E-state index is 12.4. The van der Waals surface area contributed by atoms with Crippen molar-refractivity contribution in [2.24, 2.45) is 0 Å². The molecule has 0 aliphatic heterocycles. The van der Waals surface area contributed by atoms with Gasteiger partial charge in [-0.1, -0.05) is 52.5 Å². The minimum atomic E-state index is -0.447. The van der Waals surface area contributed by atoms with Crippen LogP contribution in [0.5, 0.6) is 11.5 Å². The number of thiocarbonyl (C=S) groups is 1. The van der Waals surface area contributed by atoms with E-state index in [2.05, 4.69) is 52.9 Å². The number of unbranched alkanes of at least 4 members (excludes halogenated alkanes) is 4. The summed E-state index contributed by atoms with van der Waals surface area (Å²) in [6.07, 6.45) is 5.87. The number of benzene rings is 2. The van der Waals surface area contributed by atoms with Gasteiger partial charge in [0.2, 0.25) is 0 Å². The second-order valence-corrected chi connectivity index (χ2v) is 9.64. The largest absolute Gasteiger partial charge is 0.494 e. The van der Waals surface area contributed by atoms with Crippen molar-refractivity contribution in [3.05, 3.63) is 58.1 Å². The maximum absolute atomic E-state index is 12.4. The number of rotatable bonds is 12. The molecule has 7 nitrogen and oxygen atoms in total. The molecule has 3 N–H and O–H groups in total. The zero-order chi connectivity index (χ0) is 25.6. The molecule has 0 bridgehead atoms. The highest BCUT2D eigenvalue weighted by molar-refractivity contribution is 9.10. The Morgan fingerprint density at radius 2 is 1.69 bits per heavy atom. The van der Waals surface area contributed by atoms with Crippen LogP contribution in [-0.2, 0) is 4.79 Å². The highest BCUT2D eigenvalue weighted by atomic mass is 79.9. The summed E-state index contributed by atoms with van der Waals surface area (Å²) in [4.78, 5) is 24.4. The quantitative estimate of drug-likeness (QED) is 0.176. The van der Waals surface area contributed by atoms with Gasteiger partial charge < -0.3 is 9.47 Å². The van der Waals surface area contributed by atoms with Crippen LogP contribution in [0.3, 0.4) is 0 Å². The van der Waals surface area contributed by atoms with Gasteiger partial charge in [0.1, 0.15) is 11.5 Å². The van der Waals surface area contributed by atoms with Crippen molar-refractivity contribution in [1.82, 2.24) is 16.2 Å². The molecule has 35 heavy (non-hydrogen) atoms. The summed E-state index contributed by atoms with van der Waals surface area (Å²) in [6, 6.07) is 12.6. The zero-order valence-corrected chi connectivity index (χ0v) is 22.9. The van der Waals surface area contributed by atoms with E-state index in [9.17, 15) is 9.59 Å². The first-order valence-electron chi connectivity index (χ1n) is 11.9. The van der Waals surface area contributed by atoms with E-state index in [1.807, 2.05) is 18.2 Å². The number of carbonyl (C=O) groups is 2. The lowest BCUT2D eigenvalue weighted by molar-refractivity contribution is -0.123. The van der Waals surface area contributed by atoms with Gasteiger partial charge in [-0.05, 0) is 82.4 Å². The SMILES string of the molecule is CCCCCCCOc1ccc(C(=O)NC(=S)NNC(=O)COc2ccc(C(C)C)cc2Br)cc1. The van der Waals surface area contributed by atoms with E-state index in [0.29, 0.717) is 23.8 Å². The average Bonchev–Trinajstić information content (AvgIpc) is 2.84. The molecule has 0 aromatic heterocycles. The molecule has 2 amide bonds. The van der Waals surface area contributed by atoms with E-state index in [0.717, 1.165) is 28.6 Å². The molecule has 0 spiro atoms. The number of halogens is 1. The molecule has 0 fully saturated rings. The summed E-state index contributed by atoms with van der Waals surface area (Å²) in [5.74, 6) is 0.825. The Bertz CT molecular complexity index is 983. The van der Waals surface area contributed by atoms with E-state index in [4.69, 9.17) is 21.7 Å². The lowest BCUT2D eigenvalue weighted by Crippen LogP contribution is -2.49. The van der Waals surface area contributed by atoms with E-state index >= 15 is 0 Å². The van der Waals surface area contributed by atoms with Crippen molar-refractivity contribution in [3.8, 4) is 11.5 Å². The fourth-order valence-electron chi connectivity index (χ4n) is 3.10. The highest BCUT2D eigenvalue weighted by Crippen LogP contribution is 2.28. The van der Waals surface area contributed by atoms with Gasteiger partial charge in [0, 0.05) is 5.56 Å². The molecule has 2 aromatic rings. The summed E-state index contributed by atoms with van der Waals surface area (Å²) in [5, 5.41) is 2.49. The Hall–Kier alpha value is -2.65. The van der Waals surface area contributed by atoms with Crippen molar-refractivity contribution in [1.29, 1.82) is 0 Å². The molecule has 2 aromatic carbocycles. The third kappa shape index (κ3) is 10.7. The summed E-state index contributed by atoms with van der Waals surface area (Å²) in [6.45, 7) is 6.83. The molecule has 0 heterocycles. The Labute approximate surface area is 221 Å². The number of hydrogen-bond acceptors (Lipinski definition) is 5. The number of carbonyl (C=O) groups excluding carboxylic acids is 2. The first kappa shape index (κ1) is 28.6. The molecule has 0 saturated heterocycles. The first-order valence-corrected chi connectivity index (χ1v) is 13.1. The monoisotopic (exact) mass is 563 g/mol. The molecular weight excluding hydrogens is 530 g/mol. The molecule has 0 radical (unpaired) electrons. The Kier molecular flexibility index (Phi) is 12.6. The van der Waals surface area contributed by atoms with Gasteiger partial charge in [-0.15, -0.1) is 0 Å². The van der Waals surface area contributed by atoms with Crippen LogP contribution in [0.4, 0.5) is 0 Å². The minimum absolute atomic E-state index is 0.0294. The second-order valence-electron chi connectivity index (χ2n) is 8.38. The Balaban J connectivity index is 1.69. The van der Waals surface area contributed by atoms with E-state index in [1.54, 1.807) is 24.3 Å². The minimum Gasteiger partial charge on any atom is -0.494 e. The van der Waals surface area contributed by atoms with Crippen LogP contribution in [0.2, 0.25) is 0 Å². The maximum Gasteiger partial charge on any atom is 0.276 e. The van der Waals surface area contributed by atoms with E-state index in [-0.39, 0.29) is 11.7 Å². The standard InChI is InChI=1S/C26H34BrN3O4S/c1-4-5-6-7-8-15-33-21-12-9-19(10-13-21)25(32)28-26(35)30-29-24(31)17-34-23-14-11-20(18(2)3)16-22(23)27/h9-14,16,18H,4-8,15,17H2,1-3H3,(H,29,31)(H2,28,30,32,35). The van der Waals surface area contributed by atoms with Gasteiger partial charge in [-0.3, -0.25) is 25.8 Å². The average molecular weight is 565 g/mol. The summed E-state index contributed by atoms with van der Waals surface area (Å²) in [7, 11) is 0. The van der Waals surface area contributed by atoms with Crippen LogP contribution in [0.15, 0.2) is 46.9 Å². The summed E-state index contributed by atoms with van der Waals surface area (Å²) in [5.41, 5.74) is 6.49. The summed E-state index contributed by atoms with van der Waals surface area (Å²) < 4.78 is 12.0. The van der Waals surface area contributed by atoms with Crippen LogP contribution in [0.1, 0.15) is 74.7 Å². The van der Waals surface area contributed by atoms with Crippen LogP contribution < -0.4 is 25.6 Å². The van der Waals surface area contributed by atoms with Crippen LogP contribution in [-0.4, -0.2) is 30.1 Å². The van der Waals surface area contributed by atoms with Crippen LogP contribution in [0, 0.1) is 0 Å². The zero-order valence-electron chi connectivity index (χ0n) is 20.5. The third-order valence-corrected chi connectivity index (χ3v) is 5.98. The summed E-state index contributed by atoms with van der Waals surface area (Å²) >= 11 is 8.54. The number of amides is 2. The Morgan fingerprint density at radius 3 is 2.34 bits per heavy atom. The molecule has 0 aliphatic carbocycles. The van der Waals surface area contributed by atoms with Crippen LogP contribution in [0.25, 0.3) is 0 Å². The van der Waals surface area contributed by atoms with Gasteiger partial charge in [0.25, 0.3) is 11.8 Å². The lowest BCUT2D eigenvalue weighted by atomic mass is 10.0. The second kappa shape index (κ2) is 15.4. The smallest absolute Gasteiger partial charge is 0.276 e. The molecule has 0 atom stereocenters. The van der Waals surface area contributed by atoms with Gasteiger partial charge in [-0.2, -0.15) is 0 Å². The van der Waals surface area contributed by atoms with Crippen molar-refractivity contribution >= 4 is 45.1 Å². The number of nitrogens with one attached hydrogen (secondary N) is 3. The number of hydrogen-bond donors (Lipinski definition) is 3. The molecule has 2 rings (SSSR count). The lowest BCUT2D eigenvalue weighted by Gasteiger charge is -2.13. The van der Waals surface area contributed by atoms with Crippen molar-refractivity contribution in [3.63, 3.8) is 0 Å². The predicted octanol–water partition coefficient (Wildman–Crippen LogP) is 5.64. The Morgan fingerprint density at radius 1 is 0.971 bits per heavy atom. The number of hydrazine groups is 1. The van der Waals surface area contributed by atoms with Gasteiger partial charge >= 0.3 is 0 Å². The van der Waals surface area contributed by atoms with Gasteiger partial charge in [0.05, 0.1) is 11.1 Å². The number of ether oxygens (including phenoxy) is 2. The molecular formula is C26H34BrN3O4S. The normalized spacial score (nSPS) is 10.5. The topological polar surface area (TPSA) is 88.7 Å². The third-order valence-electron chi connectivity index (χ3n) is 5.16. The predicted molar refractivity (Wildman–Crippen MR) is 146 cm³/mol. The fraction of sp³-hybridized carbons (Fsp3) is 0.423. The van der Waals surface area contributed by atoms with Crippen LogP contribution >= 0.6 is 28.1 Å². The van der Waals surface area contributed by atoms with Gasteiger partial charge in [0.15, 0.2) is 11.7 Å². The fourth-order valence-corrected chi connectivity index (χ4v) is 3.76.